The maximum atomic E-state index is 5.29. The molecule has 1 aliphatic rings. The Morgan fingerprint density at radius 2 is 2.18 bits per heavy atom. The van der Waals surface area contributed by atoms with Crippen LogP contribution in [0.1, 0.15) is 49.9 Å². The molecule has 1 N–H and O–H groups in total. The third-order valence-corrected chi connectivity index (χ3v) is 4.68. The maximum Gasteiger partial charge on any atom is 0.129 e. The van der Waals surface area contributed by atoms with Gasteiger partial charge >= 0.3 is 0 Å². The molecule has 1 aliphatic carbocycles. The molecule has 1 atom stereocenters. The second kappa shape index (κ2) is 6.41. The highest BCUT2D eigenvalue weighted by molar-refractivity contribution is 7.10. The summed E-state index contributed by atoms with van der Waals surface area (Å²) in [6, 6.07) is 2.74. The van der Waals surface area contributed by atoms with Crippen molar-refractivity contribution in [1.82, 2.24) is 5.32 Å². The third kappa shape index (κ3) is 3.23. The van der Waals surface area contributed by atoms with Gasteiger partial charge in [-0.05, 0) is 31.4 Å². The molecule has 3 heteroatoms. The van der Waals surface area contributed by atoms with Gasteiger partial charge in [0.05, 0.1) is 7.11 Å². The highest BCUT2D eigenvalue weighted by atomic mass is 32.1. The predicted molar refractivity (Wildman–Crippen MR) is 73.9 cm³/mol. The number of hydrogen-bond acceptors (Lipinski definition) is 3. The summed E-state index contributed by atoms with van der Waals surface area (Å²) in [7, 11) is 1.74. The van der Waals surface area contributed by atoms with Crippen LogP contribution in [0, 0.1) is 5.92 Å². The van der Waals surface area contributed by atoms with Crippen LogP contribution in [0.2, 0.25) is 0 Å². The molecule has 1 fully saturated rings. The Morgan fingerprint density at radius 1 is 1.41 bits per heavy atom. The van der Waals surface area contributed by atoms with Gasteiger partial charge in [-0.2, -0.15) is 0 Å². The predicted octanol–water partition coefficient (Wildman–Crippen LogP) is 3.99. The van der Waals surface area contributed by atoms with Gasteiger partial charge in [-0.25, -0.2) is 0 Å². The summed E-state index contributed by atoms with van der Waals surface area (Å²) in [6.07, 6.45) is 6.96. The van der Waals surface area contributed by atoms with E-state index in [0.717, 1.165) is 18.2 Å². The Bertz CT molecular complexity index is 331. The van der Waals surface area contributed by atoms with Crippen LogP contribution in [-0.2, 0) is 0 Å². The quantitative estimate of drug-likeness (QED) is 0.856. The summed E-state index contributed by atoms with van der Waals surface area (Å²) in [5.74, 6) is 1.82. The standard InChI is InChI=1S/C14H23NOS/c1-3-15-14(11-7-5-4-6-8-11)13-9-12(16-2)10-17-13/h9-11,14-15H,3-8H2,1-2H3. The first-order valence-electron chi connectivity index (χ1n) is 6.71. The van der Waals surface area contributed by atoms with E-state index in [-0.39, 0.29) is 0 Å². The molecule has 0 radical (unpaired) electrons. The van der Waals surface area contributed by atoms with E-state index >= 15 is 0 Å². The molecule has 1 saturated carbocycles. The number of nitrogens with one attached hydrogen (secondary N) is 1. The fraction of sp³-hybridized carbons (Fsp3) is 0.714. The minimum atomic E-state index is 0.536. The van der Waals surface area contributed by atoms with Crippen LogP contribution in [0.5, 0.6) is 5.75 Å². The number of ether oxygens (including phenoxy) is 1. The smallest absolute Gasteiger partial charge is 0.129 e. The Labute approximate surface area is 108 Å². The average Bonchev–Trinajstić information content (AvgIpc) is 2.85. The lowest BCUT2D eigenvalue weighted by molar-refractivity contribution is 0.277. The highest BCUT2D eigenvalue weighted by Crippen LogP contribution is 2.38. The molecular weight excluding hydrogens is 230 g/mol. The van der Waals surface area contributed by atoms with Crippen molar-refractivity contribution in [3.8, 4) is 5.75 Å². The van der Waals surface area contributed by atoms with Crippen LogP contribution in [-0.4, -0.2) is 13.7 Å². The zero-order chi connectivity index (χ0) is 12.1. The minimum Gasteiger partial charge on any atom is -0.496 e. The van der Waals surface area contributed by atoms with Gasteiger partial charge in [-0.1, -0.05) is 26.2 Å². The lowest BCUT2D eigenvalue weighted by Crippen LogP contribution is -2.28. The van der Waals surface area contributed by atoms with Crippen LogP contribution in [0.4, 0.5) is 0 Å². The molecule has 2 nitrogen and oxygen atoms in total. The number of methoxy groups -OCH3 is 1. The molecule has 0 bridgehead atoms. The molecule has 0 spiro atoms. The van der Waals surface area contributed by atoms with Gasteiger partial charge in [0, 0.05) is 16.3 Å². The first-order valence-corrected chi connectivity index (χ1v) is 7.59. The fourth-order valence-electron chi connectivity index (χ4n) is 2.79. The lowest BCUT2D eigenvalue weighted by atomic mass is 9.83. The monoisotopic (exact) mass is 253 g/mol. The molecular formula is C14H23NOS. The van der Waals surface area contributed by atoms with Crippen molar-refractivity contribution in [3.05, 3.63) is 16.3 Å². The van der Waals surface area contributed by atoms with Gasteiger partial charge in [-0.3, -0.25) is 0 Å². The topological polar surface area (TPSA) is 21.3 Å². The summed E-state index contributed by atoms with van der Waals surface area (Å²) in [4.78, 5) is 1.44. The zero-order valence-corrected chi connectivity index (χ0v) is 11.7. The number of hydrogen-bond donors (Lipinski definition) is 1. The van der Waals surface area contributed by atoms with Gasteiger partial charge in [0.25, 0.3) is 0 Å². The van der Waals surface area contributed by atoms with E-state index in [9.17, 15) is 0 Å². The molecule has 0 aromatic carbocycles. The molecule has 1 aromatic heterocycles. The van der Waals surface area contributed by atoms with Crippen molar-refractivity contribution in [2.24, 2.45) is 5.92 Å². The van der Waals surface area contributed by atoms with E-state index in [0.29, 0.717) is 6.04 Å². The second-order valence-corrected chi connectivity index (χ2v) is 5.77. The van der Waals surface area contributed by atoms with E-state index in [4.69, 9.17) is 4.74 Å². The first kappa shape index (κ1) is 12.9. The Morgan fingerprint density at radius 3 is 2.76 bits per heavy atom. The molecule has 17 heavy (non-hydrogen) atoms. The molecule has 1 heterocycles. The Balaban J connectivity index is 2.09. The van der Waals surface area contributed by atoms with E-state index in [1.165, 1.54) is 37.0 Å². The summed E-state index contributed by atoms with van der Waals surface area (Å²) < 4.78 is 5.29. The van der Waals surface area contributed by atoms with Gasteiger partial charge in [-0.15, -0.1) is 11.3 Å². The van der Waals surface area contributed by atoms with E-state index in [2.05, 4.69) is 23.7 Å². The highest BCUT2D eigenvalue weighted by Gasteiger charge is 2.25. The normalized spacial score (nSPS) is 19.2. The second-order valence-electron chi connectivity index (χ2n) is 4.82. The van der Waals surface area contributed by atoms with Crippen LogP contribution in [0.25, 0.3) is 0 Å². The minimum absolute atomic E-state index is 0.536. The SMILES string of the molecule is CCNC(c1cc(OC)cs1)C1CCCCC1. The molecule has 0 amide bonds. The zero-order valence-electron chi connectivity index (χ0n) is 10.9. The van der Waals surface area contributed by atoms with Gasteiger partial charge in [0.1, 0.15) is 5.75 Å². The van der Waals surface area contributed by atoms with Crippen LogP contribution in [0.15, 0.2) is 11.4 Å². The Hall–Kier alpha value is -0.540. The first-order chi connectivity index (χ1) is 8.35. The summed E-state index contributed by atoms with van der Waals surface area (Å²) >= 11 is 1.83. The average molecular weight is 253 g/mol. The lowest BCUT2D eigenvalue weighted by Gasteiger charge is -2.30. The van der Waals surface area contributed by atoms with Crippen LogP contribution < -0.4 is 10.1 Å². The number of thiophene rings is 1. The van der Waals surface area contributed by atoms with Gasteiger partial charge in [0.2, 0.25) is 0 Å². The molecule has 0 aliphatic heterocycles. The van der Waals surface area contributed by atoms with Crippen LogP contribution in [0.3, 0.4) is 0 Å². The summed E-state index contributed by atoms with van der Waals surface area (Å²) in [5.41, 5.74) is 0. The van der Waals surface area contributed by atoms with Crippen molar-refractivity contribution in [3.63, 3.8) is 0 Å². The van der Waals surface area contributed by atoms with Crippen molar-refractivity contribution in [1.29, 1.82) is 0 Å². The fourth-order valence-corrected chi connectivity index (χ4v) is 3.81. The van der Waals surface area contributed by atoms with E-state index in [1.807, 2.05) is 11.3 Å². The third-order valence-electron chi connectivity index (χ3n) is 3.68. The molecule has 1 aromatic rings. The Kier molecular flexibility index (Phi) is 4.86. The summed E-state index contributed by atoms with van der Waals surface area (Å²) in [5, 5.41) is 5.77. The van der Waals surface area contributed by atoms with E-state index in [1.54, 1.807) is 7.11 Å². The molecule has 0 saturated heterocycles. The maximum absolute atomic E-state index is 5.29. The van der Waals surface area contributed by atoms with Crippen LogP contribution >= 0.6 is 11.3 Å². The van der Waals surface area contributed by atoms with Crippen molar-refractivity contribution in [2.75, 3.05) is 13.7 Å². The van der Waals surface area contributed by atoms with Crippen molar-refractivity contribution >= 4 is 11.3 Å². The molecule has 1 unspecified atom stereocenters. The summed E-state index contributed by atoms with van der Waals surface area (Å²) in [6.45, 7) is 3.24. The largest absolute Gasteiger partial charge is 0.496 e. The van der Waals surface area contributed by atoms with E-state index < -0.39 is 0 Å². The van der Waals surface area contributed by atoms with Gasteiger partial charge in [0.15, 0.2) is 0 Å². The molecule has 2 rings (SSSR count). The van der Waals surface area contributed by atoms with Crippen molar-refractivity contribution < 1.29 is 4.74 Å². The molecule has 96 valence electrons. The van der Waals surface area contributed by atoms with Crippen molar-refractivity contribution in [2.45, 2.75) is 45.1 Å². The number of rotatable bonds is 5. The van der Waals surface area contributed by atoms with Gasteiger partial charge < -0.3 is 10.1 Å².